The maximum Gasteiger partial charge on any atom is 0.313 e. The highest BCUT2D eigenvalue weighted by Gasteiger charge is 2.12. The summed E-state index contributed by atoms with van der Waals surface area (Å²) in [4.78, 5) is 21.4. The molecule has 1 rings (SSSR count). The number of rotatable bonds is 4. The summed E-state index contributed by atoms with van der Waals surface area (Å²) in [5.74, 6) is -0.461. The Morgan fingerprint density at radius 2 is 1.56 bits per heavy atom. The van der Waals surface area contributed by atoms with Crippen LogP contribution in [0.5, 0.6) is 0 Å². The van der Waals surface area contributed by atoms with Gasteiger partial charge in [0.1, 0.15) is 9.52 Å². The van der Waals surface area contributed by atoms with Crippen LogP contribution in [0.3, 0.4) is 0 Å². The van der Waals surface area contributed by atoms with Crippen LogP contribution < -0.4 is 27.3 Å². The lowest BCUT2D eigenvalue weighted by Crippen LogP contribution is -2.56. The van der Waals surface area contributed by atoms with Crippen LogP contribution in [-0.2, 0) is 0 Å². The number of nitrogens with one attached hydrogen (secondary N) is 2. The van der Waals surface area contributed by atoms with Crippen LogP contribution >= 0.6 is 0 Å². The van der Waals surface area contributed by atoms with E-state index in [1.807, 2.05) is 30.3 Å². The minimum absolute atomic E-state index is 0.461. The van der Waals surface area contributed by atoms with Gasteiger partial charge in [-0.2, -0.15) is 0 Å². The van der Waals surface area contributed by atoms with Crippen molar-refractivity contribution in [2.45, 2.75) is 5.79 Å². The van der Waals surface area contributed by atoms with Crippen molar-refractivity contribution in [3.63, 3.8) is 0 Å². The molecule has 86 valence electrons. The molecule has 0 unspecified atom stereocenters. The van der Waals surface area contributed by atoms with Gasteiger partial charge in [-0.05, 0) is 0 Å². The van der Waals surface area contributed by atoms with Gasteiger partial charge in [0.05, 0.1) is 5.79 Å². The molecule has 0 heterocycles. The molecular weight excluding hydrogens is 224 g/mol. The van der Waals surface area contributed by atoms with E-state index < -0.39 is 27.4 Å². The van der Waals surface area contributed by atoms with Gasteiger partial charge in [0.25, 0.3) is 0 Å². The summed E-state index contributed by atoms with van der Waals surface area (Å²) >= 11 is 0. The van der Waals surface area contributed by atoms with Gasteiger partial charge < -0.3 is 22.1 Å². The molecule has 0 saturated carbocycles. The zero-order valence-electron chi connectivity index (χ0n) is 8.64. The van der Waals surface area contributed by atoms with Gasteiger partial charge in [0.15, 0.2) is 0 Å². The van der Waals surface area contributed by atoms with E-state index >= 15 is 0 Å². The third-order valence-electron chi connectivity index (χ3n) is 1.92. The minimum Gasteiger partial charge on any atom is -0.352 e. The van der Waals surface area contributed by atoms with Crippen LogP contribution in [0.2, 0.25) is 0 Å². The molecule has 0 fully saturated rings. The van der Waals surface area contributed by atoms with Crippen LogP contribution in [0.15, 0.2) is 30.3 Å². The monoisotopic (exact) mass is 238 g/mol. The summed E-state index contributed by atoms with van der Waals surface area (Å²) in [6.07, 6.45) is 0. The summed E-state index contributed by atoms with van der Waals surface area (Å²) < 4.78 is 0. The largest absolute Gasteiger partial charge is 0.352 e. The highest BCUT2D eigenvalue weighted by Crippen LogP contribution is 1.84. The minimum atomic E-state index is -0.907. The molecule has 0 atom stereocenters. The average Bonchev–Trinajstić information content (AvgIpc) is 2.16. The van der Waals surface area contributed by atoms with Gasteiger partial charge in [-0.3, -0.25) is 0 Å². The fourth-order valence-corrected chi connectivity index (χ4v) is 2.95. The van der Waals surface area contributed by atoms with Crippen LogP contribution in [0.1, 0.15) is 0 Å². The average molecular weight is 238 g/mol. The SMILES string of the molecule is NC(=O)NC(NC(N)=O)[SiH2]c1ccccc1. The first-order chi connectivity index (χ1) is 7.58. The molecule has 0 aliphatic heterocycles. The van der Waals surface area contributed by atoms with Crippen LogP contribution in [0.4, 0.5) is 9.59 Å². The van der Waals surface area contributed by atoms with Gasteiger partial charge in [-0.15, -0.1) is 0 Å². The van der Waals surface area contributed by atoms with Crippen molar-refractivity contribution >= 4 is 26.8 Å². The second kappa shape index (κ2) is 5.76. The van der Waals surface area contributed by atoms with Gasteiger partial charge >= 0.3 is 12.1 Å². The lowest BCUT2D eigenvalue weighted by molar-refractivity contribution is 0.240. The van der Waals surface area contributed by atoms with E-state index in [0.29, 0.717) is 0 Å². The second-order valence-electron chi connectivity index (χ2n) is 3.26. The van der Waals surface area contributed by atoms with Crippen molar-refractivity contribution < 1.29 is 9.59 Å². The number of carbonyl (C=O) groups is 2. The first-order valence-corrected chi connectivity index (χ1v) is 6.26. The summed E-state index contributed by atoms with van der Waals surface area (Å²) in [5.41, 5.74) is 10.0. The quantitative estimate of drug-likeness (QED) is 0.363. The van der Waals surface area contributed by atoms with Gasteiger partial charge in [0, 0.05) is 0 Å². The Morgan fingerprint density at radius 3 is 2.00 bits per heavy atom. The third-order valence-corrected chi connectivity index (χ3v) is 3.67. The molecule has 4 amide bonds. The molecule has 0 aromatic heterocycles. The zero-order chi connectivity index (χ0) is 12.0. The number of carbonyl (C=O) groups excluding carboxylic acids is 2. The maximum absolute atomic E-state index is 10.7. The molecule has 6 N–H and O–H groups in total. The first kappa shape index (κ1) is 12.0. The fraction of sp³-hybridized carbons (Fsp3) is 0.111. The number of hydrogen-bond donors (Lipinski definition) is 4. The van der Waals surface area contributed by atoms with E-state index in [1.54, 1.807) is 0 Å². The topological polar surface area (TPSA) is 110 Å². The van der Waals surface area contributed by atoms with E-state index in [9.17, 15) is 9.59 Å². The van der Waals surface area contributed by atoms with E-state index in [4.69, 9.17) is 11.5 Å². The maximum atomic E-state index is 10.7. The number of benzene rings is 1. The van der Waals surface area contributed by atoms with Crippen LogP contribution in [-0.4, -0.2) is 27.4 Å². The van der Waals surface area contributed by atoms with E-state index in [2.05, 4.69) is 10.6 Å². The Kier molecular flexibility index (Phi) is 4.34. The lowest BCUT2D eigenvalue weighted by Gasteiger charge is -2.17. The Hall–Kier alpha value is -2.02. The summed E-state index contributed by atoms with van der Waals surface area (Å²) in [6, 6.07) is 8.21. The summed E-state index contributed by atoms with van der Waals surface area (Å²) in [7, 11) is -0.907. The molecule has 0 saturated heterocycles. The molecule has 1 aromatic carbocycles. The Balaban J connectivity index is 2.63. The Labute approximate surface area is 95.2 Å². The van der Waals surface area contributed by atoms with Crippen molar-refractivity contribution in [2.24, 2.45) is 11.5 Å². The Morgan fingerprint density at radius 1 is 1.06 bits per heavy atom. The predicted molar refractivity (Wildman–Crippen MR) is 63.8 cm³/mol. The van der Waals surface area contributed by atoms with E-state index in [0.717, 1.165) is 5.19 Å². The molecule has 0 aliphatic rings. The number of urea groups is 2. The van der Waals surface area contributed by atoms with Gasteiger partial charge in [-0.1, -0.05) is 35.5 Å². The number of primary amides is 2. The molecule has 16 heavy (non-hydrogen) atoms. The molecule has 6 nitrogen and oxygen atoms in total. The first-order valence-electron chi connectivity index (χ1n) is 4.74. The molecule has 0 aliphatic carbocycles. The van der Waals surface area contributed by atoms with E-state index in [1.165, 1.54) is 0 Å². The summed E-state index contributed by atoms with van der Waals surface area (Å²) in [5, 5.41) is 5.99. The molecular formula is C9H14N4O2Si. The van der Waals surface area contributed by atoms with Crippen molar-refractivity contribution in [1.82, 2.24) is 10.6 Å². The number of amides is 4. The van der Waals surface area contributed by atoms with E-state index in [-0.39, 0.29) is 0 Å². The molecule has 0 bridgehead atoms. The molecule has 7 heteroatoms. The lowest BCUT2D eigenvalue weighted by atomic mass is 10.4. The smallest absolute Gasteiger partial charge is 0.313 e. The molecule has 0 spiro atoms. The molecule has 1 aromatic rings. The molecule has 0 radical (unpaired) electrons. The van der Waals surface area contributed by atoms with Crippen molar-refractivity contribution in [3.05, 3.63) is 30.3 Å². The number of hydrogen-bond acceptors (Lipinski definition) is 2. The zero-order valence-corrected chi connectivity index (χ0v) is 10.1. The highest BCUT2D eigenvalue weighted by atomic mass is 28.2. The Bertz CT molecular complexity index is 355. The third kappa shape index (κ3) is 4.47. The van der Waals surface area contributed by atoms with Gasteiger partial charge in [0.2, 0.25) is 0 Å². The predicted octanol–water partition coefficient (Wildman–Crippen LogP) is -1.90. The standard InChI is InChI=1S/C9H14N4O2Si/c10-7(14)12-9(13-8(11)15)16-6-4-2-1-3-5-6/h1-5,9H,16H2,(H3,10,12,14)(H3,11,13,15). The van der Waals surface area contributed by atoms with Crippen molar-refractivity contribution in [2.75, 3.05) is 0 Å². The van der Waals surface area contributed by atoms with Gasteiger partial charge in [-0.25, -0.2) is 9.59 Å². The summed E-state index contributed by atoms with van der Waals surface area (Å²) in [6.45, 7) is 0. The van der Waals surface area contributed by atoms with Crippen molar-refractivity contribution in [1.29, 1.82) is 0 Å². The highest BCUT2D eigenvalue weighted by molar-refractivity contribution is 6.55. The second-order valence-corrected chi connectivity index (χ2v) is 5.30. The number of nitrogens with two attached hydrogens (primary N) is 2. The van der Waals surface area contributed by atoms with Crippen LogP contribution in [0.25, 0.3) is 0 Å². The van der Waals surface area contributed by atoms with Crippen LogP contribution in [0, 0.1) is 0 Å². The van der Waals surface area contributed by atoms with Crippen molar-refractivity contribution in [3.8, 4) is 0 Å². The fourth-order valence-electron chi connectivity index (χ4n) is 1.33. The normalized spacial score (nSPS) is 10.6.